The first kappa shape index (κ1) is 11.6. The topological polar surface area (TPSA) is 24.9 Å². The molecular weight excluding hydrogens is 196 g/mol. The molecule has 1 heterocycles. The van der Waals surface area contributed by atoms with Crippen molar-refractivity contribution >= 4 is 0 Å². The zero-order valence-corrected chi connectivity index (χ0v) is 10.2. The third-order valence-electron chi connectivity index (χ3n) is 3.51. The highest BCUT2D eigenvalue weighted by molar-refractivity contribution is 5.12. The van der Waals surface area contributed by atoms with Crippen LogP contribution in [-0.2, 0) is 6.54 Å². The molecule has 0 bridgehead atoms. The van der Waals surface area contributed by atoms with Crippen LogP contribution in [0.1, 0.15) is 43.4 Å². The molecule has 1 aliphatic carbocycles. The van der Waals surface area contributed by atoms with Crippen molar-refractivity contribution in [3.8, 4) is 0 Å². The minimum Gasteiger partial charge on any atom is -0.313 e. The van der Waals surface area contributed by atoms with Gasteiger partial charge in [-0.1, -0.05) is 31.7 Å². The number of rotatable bonds is 5. The number of nitrogens with zero attached hydrogens (tertiary/aromatic N) is 1. The Kier molecular flexibility index (Phi) is 4.34. The van der Waals surface area contributed by atoms with Gasteiger partial charge in [0.2, 0.25) is 0 Å². The molecule has 1 saturated carbocycles. The molecule has 0 atom stereocenters. The van der Waals surface area contributed by atoms with Crippen LogP contribution in [0.3, 0.4) is 0 Å². The molecule has 0 radical (unpaired) electrons. The van der Waals surface area contributed by atoms with Crippen molar-refractivity contribution in [2.24, 2.45) is 5.92 Å². The van der Waals surface area contributed by atoms with E-state index in [1.54, 1.807) is 0 Å². The molecule has 0 amide bonds. The van der Waals surface area contributed by atoms with Gasteiger partial charge in [-0.25, -0.2) is 0 Å². The Morgan fingerprint density at radius 3 is 2.81 bits per heavy atom. The lowest BCUT2D eigenvalue weighted by molar-refractivity contribution is 0.477. The van der Waals surface area contributed by atoms with Crippen LogP contribution in [0, 0.1) is 12.8 Å². The van der Waals surface area contributed by atoms with Gasteiger partial charge in [0.05, 0.1) is 0 Å². The van der Waals surface area contributed by atoms with Crippen molar-refractivity contribution in [1.82, 2.24) is 10.3 Å². The van der Waals surface area contributed by atoms with E-state index in [4.69, 9.17) is 0 Å². The highest BCUT2D eigenvalue weighted by Gasteiger charge is 2.13. The molecule has 88 valence electrons. The second-order valence-corrected chi connectivity index (χ2v) is 4.92. The Labute approximate surface area is 98.5 Å². The smallest absolute Gasteiger partial charge is 0.0372 e. The lowest BCUT2D eigenvalue weighted by Crippen LogP contribution is -2.17. The maximum Gasteiger partial charge on any atom is 0.0372 e. The molecule has 0 aliphatic heterocycles. The summed E-state index contributed by atoms with van der Waals surface area (Å²) in [6.07, 6.45) is 9.12. The van der Waals surface area contributed by atoms with E-state index in [2.05, 4.69) is 22.4 Å². The van der Waals surface area contributed by atoms with E-state index in [-0.39, 0.29) is 0 Å². The van der Waals surface area contributed by atoms with Crippen LogP contribution < -0.4 is 5.32 Å². The van der Waals surface area contributed by atoms with Gasteiger partial charge in [-0.15, -0.1) is 0 Å². The summed E-state index contributed by atoms with van der Waals surface area (Å²) in [7, 11) is 0. The van der Waals surface area contributed by atoms with Gasteiger partial charge in [-0.2, -0.15) is 0 Å². The quantitative estimate of drug-likeness (QED) is 0.768. The van der Waals surface area contributed by atoms with Gasteiger partial charge in [0.1, 0.15) is 0 Å². The van der Waals surface area contributed by atoms with Crippen LogP contribution in [0.25, 0.3) is 0 Å². The summed E-state index contributed by atoms with van der Waals surface area (Å²) < 4.78 is 0. The zero-order valence-electron chi connectivity index (χ0n) is 10.2. The van der Waals surface area contributed by atoms with E-state index in [0.29, 0.717) is 0 Å². The lowest BCUT2D eigenvalue weighted by Gasteiger charge is -2.09. The number of hydrogen-bond acceptors (Lipinski definition) is 2. The Morgan fingerprint density at radius 1 is 1.31 bits per heavy atom. The third kappa shape index (κ3) is 3.60. The van der Waals surface area contributed by atoms with Crippen LogP contribution in [0.2, 0.25) is 0 Å². The van der Waals surface area contributed by atoms with E-state index in [9.17, 15) is 0 Å². The molecule has 2 rings (SSSR count). The summed E-state index contributed by atoms with van der Waals surface area (Å²) in [6, 6.07) is 4.24. The summed E-state index contributed by atoms with van der Waals surface area (Å²) in [6.45, 7) is 4.13. The zero-order chi connectivity index (χ0) is 11.2. The molecule has 1 aliphatic rings. The van der Waals surface area contributed by atoms with Gasteiger partial charge in [0, 0.05) is 18.4 Å². The van der Waals surface area contributed by atoms with Crippen molar-refractivity contribution in [3.63, 3.8) is 0 Å². The van der Waals surface area contributed by atoms with E-state index in [1.807, 2.05) is 13.1 Å². The van der Waals surface area contributed by atoms with Crippen molar-refractivity contribution in [1.29, 1.82) is 0 Å². The molecule has 1 aromatic heterocycles. The van der Waals surface area contributed by atoms with Crippen LogP contribution in [0.4, 0.5) is 0 Å². The summed E-state index contributed by atoms with van der Waals surface area (Å²) in [5.74, 6) is 0.989. The average molecular weight is 218 g/mol. The van der Waals surface area contributed by atoms with E-state index < -0.39 is 0 Å². The Hall–Kier alpha value is -0.890. The van der Waals surface area contributed by atoms with Gasteiger partial charge < -0.3 is 5.32 Å². The minimum atomic E-state index is 0.958. The van der Waals surface area contributed by atoms with Gasteiger partial charge in [-0.3, -0.25) is 4.98 Å². The number of pyridine rings is 1. The average Bonchev–Trinajstić information content (AvgIpc) is 2.80. The first-order valence-corrected chi connectivity index (χ1v) is 6.47. The highest BCUT2D eigenvalue weighted by atomic mass is 14.8. The molecule has 16 heavy (non-hydrogen) atoms. The van der Waals surface area contributed by atoms with Gasteiger partial charge in [-0.05, 0) is 37.4 Å². The highest BCUT2D eigenvalue weighted by Crippen LogP contribution is 2.26. The first-order chi connectivity index (χ1) is 7.84. The second kappa shape index (κ2) is 6.00. The lowest BCUT2D eigenvalue weighted by atomic mass is 10.0. The first-order valence-electron chi connectivity index (χ1n) is 6.47. The maximum absolute atomic E-state index is 4.30. The summed E-state index contributed by atoms with van der Waals surface area (Å²) in [5.41, 5.74) is 2.38. The maximum atomic E-state index is 4.30. The SMILES string of the molecule is Cc1ccc(CNCCC2CCCC2)cn1. The van der Waals surface area contributed by atoms with Crippen LogP contribution >= 0.6 is 0 Å². The largest absolute Gasteiger partial charge is 0.313 e. The van der Waals surface area contributed by atoms with Crippen molar-refractivity contribution in [3.05, 3.63) is 29.6 Å². The van der Waals surface area contributed by atoms with Gasteiger partial charge in [0.25, 0.3) is 0 Å². The number of hydrogen-bond donors (Lipinski definition) is 1. The molecule has 0 spiro atoms. The van der Waals surface area contributed by atoms with Gasteiger partial charge >= 0.3 is 0 Å². The fourth-order valence-corrected chi connectivity index (χ4v) is 2.44. The molecule has 1 N–H and O–H groups in total. The fraction of sp³-hybridized carbons (Fsp3) is 0.643. The number of aromatic nitrogens is 1. The predicted octanol–water partition coefficient (Wildman–Crippen LogP) is 3.06. The van der Waals surface area contributed by atoms with Crippen molar-refractivity contribution < 1.29 is 0 Å². The fourth-order valence-electron chi connectivity index (χ4n) is 2.44. The van der Waals surface area contributed by atoms with Crippen LogP contribution in [-0.4, -0.2) is 11.5 Å². The molecule has 0 saturated heterocycles. The molecule has 0 aromatic carbocycles. The summed E-state index contributed by atoms with van der Waals surface area (Å²) >= 11 is 0. The summed E-state index contributed by atoms with van der Waals surface area (Å²) in [5, 5.41) is 3.51. The minimum absolute atomic E-state index is 0.958. The standard InChI is InChI=1S/C14H22N2/c1-12-6-7-14(11-16-12)10-15-9-8-13-4-2-3-5-13/h6-7,11,13,15H,2-5,8-10H2,1H3. The summed E-state index contributed by atoms with van der Waals surface area (Å²) in [4.78, 5) is 4.30. The van der Waals surface area contributed by atoms with Crippen LogP contribution in [0.5, 0.6) is 0 Å². The Bertz CT molecular complexity index is 299. The molecular formula is C14H22N2. The molecule has 2 heteroatoms. The Morgan fingerprint density at radius 2 is 2.12 bits per heavy atom. The second-order valence-electron chi connectivity index (χ2n) is 4.92. The number of aryl methyl sites for hydroxylation is 1. The van der Waals surface area contributed by atoms with E-state index in [1.165, 1.54) is 37.7 Å². The Balaban J connectivity index is 1.62. The normalized spacial score (nSPS) is 16.8. The van der Waals surface area contributed by atoms with E-state index in [0.717, 1.165) is 24.7 Å². The van der Waals surface area contributed by atoms with Crippen molar-refractivity contribution in [2.75, 3.05) is 6.54 Å². The van der Waals surface area contributed by atoms with Crippen molar-refractivity contribution in [2.45, 2.75) is 45.6 Å². The van der Waals surface area contributed by atoms with E-state index >= 15 is 0 Å². The van der Waals surface area contributed by atoms with Crippen LogP contribution in [0.15, 0.2) is 18.3 Å². The molecule has 1 aromatic rings. The molecule has 1 fully saturated rings. The molecule has 0 unspecified atom stereocenters. The molecule has 2 nitrogen and oxygen atoms in total. The monoisotopic (exact) mass is 218 g/mol. The predicted molar refractivity (Wildman–Crippen MR) is 67.3 cm³/mol. The number of nitrogens with one attached hydrogen (secondary N) is 1. The van der Waals surface area contributed by atoms with Gasteiger partial charge in [0.15, 0.2) is 0 Å². The third-order valence-corrected chi connectivity index (χ3v) is 3.51.